The van der Waals surface area contributed by atoms with Gasteiger partial charge < -0.3 is 20.5 Å². The van der Waals surface area contributed by atoms with E-state index in [1.165, 1.54) is 5.69 Å². The van der Waals surface area contributed by atoms with E-state index in [1.807, 2.05) is 61.3 Å². The van der Waals surface area contributed by atoms with Gasteiger partial charge in [0, 0.05) is 59.2 Å². The van der Waals surface area contributed by atoms with Crippen molar-refractivity contribution in [2.45, 2.75) is 32.1 Å². The van der Waals surface area contributed by atoms with Crippen LogP contribution in [0.15, 0.2) is 72.9 Å². The van der Waals surface area contributed by atoms with Crippen LogP contribution in [-0.4, -0.2) is 36.4 Å². The molecule has 6 heteroatoms. The summed E-state index contributed by atoms with van der Waals surface area (Å²) < 4.78 is 0. The van der Waals surface area contributed by atoms with Gasteiger partial charge in [0.1, 0.15) is 0 Å². The van der Waals surface area contributed by atoms with E-state index in [1.54, 1.807) is 0 Å². The van der Waals surface area contributed by atoms with E-state index in [2.05, 4.69) is 40.2 Å². The average Bonchev–Trinajstić information content (AvgIpc) is 3.42. The van der Waals surface area contributed by atoms with E-state index in [-0.39, 0.29) is 5.91 Å². The Morgan fingerprint density at radius 2 is 1.70 bits per heavy atom. The average molecular weight is 493 g/mol. The molecule has 37 heavy (non-hydrogen) atoms. The molecule has 2 aliphatic rings. The van der Waals surface area contributed by atoms with Gasteiger partial charge in [-0.05, 0) is 74.1 Å². The largest absolute Gasteiger partial charge is 0.372 e. The standard InChI is InChI=1S/C31H32N4O2/c1-31(2)28-24(25-18-33-26-11-7-6-10-23(25)26)16-21(29(32)36)17-27(28)35(30(31)37)19-20-12-14-34(15-13-20)22-8-4-3-5-9-22/h3-11,16-18,20,33H,12-15,19H2,1-2H3,(H2,32,36). The monoisotopic (exact) mass is 492 g/mol. The Morgan fingerprint density at radius 3 is 2.43 bits per heavy atom. The summed E-state index contributed by atoms with van der Waals surface area (Å²) in [5.41, 5.74) is 11.4. The molecule has 3 aromatic carbocycles. The van der Waals surface area contributed by atoms with Crippen LogP contribution in [0.3, 0.4) is 0 Å². The minimum Gasteiger partial charge on any atom is -0.372 e. The Morgan fingerprint density at radius 1 is 1.00 bits per heavy atom. The first-order valence-electron chi connectivity index (χ1n) is 13.0. The minimum atomic E-state index is -0.718. The molecular formula is C31H32N4O2. The molecule has 1 aromatic heterocycles. The van der Waals surface area contributed by atoms with Crippen LogP contribution in [0.1, 0.15) is 42.6 Å². The van der Waals surface area contributed by atoms with Gasteiger partial charge in [0.05, 0.1) is 5.41 Å². The third kappa shape index (κ3) is 3.88. The second-order valence-corrected chi connectivity index (χ2v) is 10.8. The number of anilines is 2. The van der Waals surface area contributed by atoms with Gasteiger partial charge in [-0.2, -0.15) is 0 Å². The van der Waals surface area contributed by atoms with Crippen LogP contribution in [0.5, 0.6) is 0 Å². The number of aromatic nitrogens is 1. The van der Waals surface area contributed by atoms with Crippen molar-refractivity contribution in [2.75, 3.05) is 29.4 Å². The number of primary amides is 1. The van der Waals surface area contributed by atoms with Crippen molar-refractivity contribution in [2.24, 2.45) is 11.7 Å². The van der Waals surface area contributed by atoms with E-state index in [4.69, 9.17) is 5.73 Å². The molecule has 3 heterocycles. The predicted molar refractivity (Wildman–Crippen MR) is 149 cm³/mol. The van der Waals surface area contributed by atoms with Crippen LogP contribution < -0.4 is 15.5 Å². The molecule has 6 rings (SSSR count). The van der Waals surface area contributed by atoms with Crippen LogP contribution in [0, 0.1) is 5.92 Å². The summed E-state index contributed by atoms with van der Waals surface area (Å²) in [7, 11) is 0. The summed E-state index contributed by atoms with van der Waals surface area (Å²) >= 11 is 0. The van der Waals surface area contributed by atoms with Crippen molar-refractivity contribution in [3.05, 3.63) is 84.1 Å². The topological polar surface area (TPSA) is 82.4 Å². The number of nitrogens with two attached hydrogens (primary N) is 1. The molecule has 2 amide bonds. The zero-order valence-corrected chi connectivity index (χ0v) is 21.3. The van der Waals surface area contributed by atoms with Crippen LogP contribution >= 0.6 is 0 Å². The molecule has 188 valence electrons. The summed E-state index contributed by atoms with van der Waals surface area (Å²) in [6.07, 6.45) is 3.99. The fourth-order valence-electron chi connectivity index (χ4n) is 6.15. The smallest absolute Gasteiger partial charge is 0.248 e. The lowest BCUT2D eigenvalue weighted by Gasteiger charge is -2.35. The van der Waals surface area contributed by atoms with Crippen molar-refractivity contribution < 1.29 is 9.59 Å². The third-order valence-corrected chi connectivity index (χ3v) is 8.15. The number of aromatic amines is 1. The summed E-state index contributed by atoms with van der Waals surface area (Å²) in [5, 5.41) is 1.06. The zero-order valence-electron chi connectivity index (χ0n) is 21.3. The highest BCUT2D eigenvalue weighted by Gasteiger charge is 2.46. The first-order valence-corrected chi connectivity index (χ1v) is 13.0. The quantitative estimate of drug-likeness (QED) is 0.387. The number of fused-ring (bicyclic) bond motifs is 2. The lowest BCUT2D eigenvalue weighted by Crippen LogP contribution is -2.42. The highest BCUT2D eigenvalue weighted by Crippen LogP contribution is 2.49. The van der Waals surface area contributed by atoms with Gasteiger partial charge in [-0.3, -0.25) is 9.59 Å². The fourth-order valence-corrected chi connectivity index (χ4v) is 6.15. The van der Waals surface area contributed by atoms with Crippen molar-refractivity contribution in [1.29, 1.82) is 0 Å². The Labute approximate surface area is 217 Å². The first-order chi connectivity index (χ1) is 17.8. The molecule has 3 N–H and O–H groups in total. The Kier molecular flexibility index (Phi) is 5.55. The van der Waals surface area contributed by atoms with Gasteiger partial charge in [0.15, 0.2) is 0 Å². The molecule has 0 radical (unpaired) electrons. The maximum absolute atomic E-state index is 13.9. The van der Waals surface area contributed by atoms with Crippen LogP contribution in [0.2, 0.25) is 0 Å². The molecule has 4 aromatic rings. The predicted octanol–water partition coefficient (Wildman–Crippen LogP) is 5.47. The Bertz CT molecular complexity index is 1500. The summed E-state index contributed by atoms with van der Waals surface area (Å²) in [4.78, 5) is 34.0. The number of hydrogen-bond acceptors (Lipinski definition) is 3. The fraction of sp³-hybridized carbons (Fsp3) is 0.290. The third-order valence-electron chi connectivity index (χ3n) is 8.15. The van der Waals surface area contributed by atoms with Crippen LogP contribution in [0.25, 0.3) is 22.0 Å². The van der Waals surface area contributed by atoms with Gasteiger partial charge >= 0.3 is 0 Å². The van der Waals surface area contributed by atoms with Gasteiger partial charge in [0.2, 0.25) is 11.8 Å². The number of piperidine rings is 1. The Balaban J connectivity index is 1.37. The zero-order chi connectivity index (χ0) is 25.7. The molecule has 1 fully saturated rings. The van der Waals surface area contributed by atoms with Gasteiger partial charge in [-0.1, -0.05) is 36.4 Å². The number of benzene rings is 3. The van der Waals surface area contributed by atoms with Gasteiger partial charge in [-0.25, -0.2) is 0 Å². The molecule has 1 saturated heterocycles. The van der Waals surface area contributed by atoms with E-state index in [9.17, 15) is 9.59 Å². The number of nitrogens with zero attached hydrogens (tertiary/aromatic N) is 2. The van der Waals surface area contributed by atoms with E-state index in [0.29, 0.717) is 18.0 Å². The highest BCUT2D eigenvalue weighted by molar-refractivity contribution is 6.13. The number of para-hydroxylation sites is 2. The maximum Gasteiger partial charge on any atom is 0.248 e. The number of H-pyrrole nitrogens is 1. The van der Waals surface area contributed by atoms with Crippen molar-refractivity contribution >= 4 is 34.1 Å². The second-order valence-electron chi connectivity index (χ2n) is 10.8. The molecule has 0 spiro atoms. The molecule has 6 nitrogen and oxygen atoms in total. The van der Waals surface area contributed by atoms with Gasteiger partial charge in [0.25, 0.3) is 0 Å². The minimum absolute atomic E-state index is 0.0794. The molecule has 2 aliphatic heterocycles. The molecule has 0 aliphatic carbocycles. The van der Waals surface area contributed by atoms with Crippen LogP contribution in [-0.2, 0) is 10.2 Å². The van der Waals surface area contributed by atoms with E-state index < -0.39 is 11.3 Å². The van der Waals surface area contributed by atoms with Crippen LogP contribution in [0.4, 0.5) is 11.4 Å². The van der Waals surface area contributed by atoms with Crippen molar-refractivity contribution in [3.8, 4) is 11.1 Å². The second kappa shape index (κ2) is 8.80. The summed E-state index contributed by atoms with van der Waals surface area (Å²) in [6, 6.07) is 22.3. The SMILES string of the molecule is CC1(C)C(=O)N(CC2CCN(c3ccccc3)CC2)c2cc(C(N)=O)cc(-c3c[nH]c4ccccc34)c21. The normalized spacial score (nSPS) is 17.4. The first kappa shape index (κ1) is 23.3. The van der Waals surface area contributed by atoms with Crippen molar-refractivity contribution in [1.82, 2.24) is 4.98 Å². The summed E-state index contributed by atoms with van der Waals surface area (Å²) in [6.45, 7) is 6.57. The van der Waals surface area contributed by atoms with E-state index >= 15 is 0 Å². The molecule has 0 saturated carbocycles. The molecule has 0 atom stereocenters. The lowest BCUT2D eigenvalue weighted by molar-refractivity contribution is -0.122. The Hall–Kier alpha value is -4.06. The molecule has 0 bridgehead atoms. The number of hydrogen-bond donors (Lipinski definition) is 2. The number of nitrogens with one attached hydrogen (secondary N) is 1. The summed E-state index contributed by atoms with van der Waals surface area (Å²) in [5.74, 6) is -0.0210. The van der Waals surface area contributed by atoms with Crippen molar-refractivity contribution in [3.63, 3.8) is 0 Å². The molecule has 0 unspecified atom stereocenters. The number of rotatable bonds is 5. The number of carbonyl (C=O) groups excluding carboxylic acids is 2. The highest BCUT2D eigenvalue weighted by atomic mass is 16.2. The number of carbonyl (C=O) groups is 2. The van der Waals surface area contributed by atoms with E-state index in [0.717, 1.165) is 59.2 Å². The molecular weight excluding hydrogens is 460 g/mol. The van der Waals surface area contributed by atoms with Gasteiger partial charge in [-0.15, -0.1) is 0 Å². The maximum atomic E-state index is 13.9. The number of amides is 2. The lowest BCUT2D eigenvalue weighted by atomic mass is 9.80.